The first kappa shape index (κ1) is 20.4. The predicted octanol–water partition coefficient (Wildman–Crippen LogP) is 4.15. The van der Waals surface area contributed by atoms with Crippen molar-refractivity contribution >= 4 is 29.1 Å². The van der Waals surface area contributed by atoms with E-state index in [-0.39, 0.29) is 29.8 Å². The first-order valence-corrected chi connectivity index (χ1v) is 9.52. The zero-order valence-corrected chi connectivity index (χ0v) is 16.9. The van der Waals surface area contributed by atoms with Crippen LogP contribution < -0.4 is 10.2 Å². The molecule has 0 saturated carbocycles. The van der Waals surface area contributed by atoms with Crippen molar-refractivity contribution in [2.45, 2.75) is 32.6 Å². The number of nitrogens with one attached hydrogen (secondary N) is 1. The van der Waals surface area contributed by atoms with E-state index in [0.717, 1.165) is 18.9 Å². The molecule has 0 radical (unpaired) electrons. The molecule has 1 aliphatic rings. The molecule has 0 spiro atoms. The normalized spacial score (nSPS) is 19.4. The zero-order chi connectivity index (χ0) is 20.3. The van der Waals surface area contributed by atoms with E-state index in [1.165, 1.54) is 17.0 Å². The summed E-state index contributed by atoms with van der Waals surface area (Å²) in [6, 6.07) is 7.89. The lowest BCUT2D eigenvalue weighted by Gasteiger charge is -2.36. The van der Waals surface area contributed by atoms with Crippen LogP contribution in [-0.4, -0.2) is 48.3 Å². The number of hydrogen-bond donors (Lipinski definition) is 1. The highest BCUT2D eigenvalue weighted by atomic mass is 35.5. The molecular formula is C20H24ClFN4O2. The van der Waals surface area contributed by atoms with Crippen molar-refractivity contribution in [3.05, 3.63) is 52.9 Å². The predicted molar refractivity (Wildman–Crippen MR) is 108 cm³/mol. The third-order valence-electron chi connectivity index (χ3n) is 4.49. The lowest BCUT2D eigenvalue weighted by Crippen LogP contribution is -2.45. The second-order valence-corrected chi connectivity index (χ2v) is 7.51. The molecule has 1 fully saturated rings. The lowest BCUT2D eigenvalue weighted by atomic mass is 10.2. The van der Waals surface area contributed by atoms with Crippen LogP contribution in [0.2, 0.25) is 5.02 Å². The fourth-order valence-electron chi connectivity index (χ4n) is 3.21. The molecule has 1 aliphatic heterocycles. The minimum atomic E-state index is -0.500. The Labute approximate surface area is 169 Å². The SMILES string of the molecule is CC1CN(c2ccc(NC(=O)N(C)Cc3ccc(Cl)c(F)c3)cn2)CC(C)O1. The molecule has 1 N–H and O–H groups in total. The molecule has 2 unspecified atom stereocenters. The van der Waals surface area contributed by atoms with Crippen LogP contribution in [0, 0.1) is 5.82 Å². The maximum absolute atomic E-state index is 13.5. The molecule has 0 bridgehead atoms. The van der Waals surface area contributed by atoms with Crippen molar-refractivity contribution in [3.63, 3.8) is 0 Å². The van der Waals surface area contributed by atoms with Crippen LogP contribution in [0.3, 0.4) is 0 Å². The van der Waals surface area contributed by atoms with Crippen molar-refractivity contribution in [2.75, 3.05) is 30.4 Å². The summed E-state index contributed by atoms with van der Waals surface area (Å²) in [5.41, 5.74) is 1.25. The van der Waals surface area contributed by atoms with Crippen molar-refractivity contribution in [2.24, 2.45) is 0 Å². The molecule has 150 valence electrons. The summed E-state index contributed by atoms with van der Waals surface area (Å²) in [5.74, 6) is 0.351. The summed E-state index contributed by atoms with van der Waals surface area (Å²) in [7, 11) is 1.64. The maximum atomic E-state index is 13.5. The third-order valence-corrected chi connectivity index (χ3v) is 4.80. The summed E-state index contributed by atoms with van der Waals surface area (Å²) in [6.45, 7) is 5.90. The zero-order valence-electron chi connectivity index (χ0n) is 16.2. The number of ether oxygens (including phenoxy) is 1. The second-order valence-electron chi connectivity index (χ2n) is 7.10. The molecule has 2 heterocycles. The number of hydrogen-bond acceptors (Lipinski definition) is 4. The van der Waals surface area contributed by atoms with Crippen molar-refractivity contribution < 1.29 is 13.9 Å². The van der Waals surface area contributed by atoms with Gasteiger partial charge in [0.15, 0.2) is 0 Å². The first-order chi connectivity index (χ1) is 13.3. The van der Waals surface area contributed by atoms with Crippen LogP contribution in [0.1, 0.15) is 19.4 Å². The van der Waals surface area contributed by atoms with Gasteiger partial charge in [0.05, 0.1) is 29.1 Å². The largest absolute Gasteiger partial charge is 0.372 e. The Balaban J connectivity index is 1.58. The Kier molecular flexibility index (Phi) is 6.36. The van der Waals surface area contributed by atoms with Crippen LogP contribution in [0.25, 0.3) is 0 Å². The molecule has 1 saturated heterocycles. The van der Waals surface area contributed by atoms with Gasteiger partial charge in [-0.15, -0.1) is 0 Å². The van der Waals surface area contributed by atoms with Gasteiger partial charge in [-0.2, -0.15) is 0 Å². The van der Waals surface area contributed by atoms with Crippen molar-refractivity contribution in [3.8, 4) is 0 Å². The molecule has 2 aromatic rings. The Morgan fingerprint density at radius 2 is 2.04 bits per heavy atom. The quantitative estimate of drug-likeness (QED) is 0.828. The molecule has 6 nitrogen and oxygen atoms in total. The summed E-state index contributed by atoms with van der Waals surface area (Å²) >= 11 is 5.69. The van der Waals surface area contributed by atoms with Crippen LogP contribution in [-0.2, 0) is 11.3 Å². The fourth-order valence-corrected chi connectivity index (χ4v) is 3.33. The number of carbonyl (C=O) groups is 1. The topological polar surface area (TPSA) is 57.7 Å². The van der Waals surface area contributed by atoms with Crippen LogP contribution in [0.4, 0.5) is 20.7 Å². The first-order valence-electron chi connectivity index (χ1n) is 9.14. The number of urea groups is 1. The van der Waals surface area contributed by atoms with Gasteiger partial charge in [0, 0.05) is 26.7 Å². The van der Waals surface area contributed by atoms with E-state index in [2.05, 4.69) is 15.2 Å². The van der Waals surface area contributed by atoms with Gasteiger partial charge in [0.2, 0.25) is 0 Å². The smallest absolute Gasteiger partial charge is 0.321 e. The van der Waals surface area contributed by atoms with Crippen LogP contribution in [0.15, 0.2) is 36.5 Å². The minimum absolute atomic E-state index is 0.0612. The molecular weight excluding hydrogens is 383 g/mol. The number of nitrogens with zero attached hydrogens (tertiary/aromatic N) is 3. The number of anilines is 2. The average Bonchev–Trinajstić information content (AvgIpc) is 2.64. The van der Waals surface area contributed by atoms with Crippen molar-refractivity contribution in [1.29, 1.82) is 0 Å². The molecule has 28 heavy (non-hydrogen) atoms. The van der Waals surface area contributed by atoms with E-state index in [9.17, 15) is 9.18 Å². The molecule has 1 aromatic carbocycles. The molecule has 2 atom stereocenters. The van der Waals surface area contributed by atoms with Crippen LogP contribution in [0.5, 0.6) is 0 Å². The third kappa shape index (κ3) is 5.11. The number of carbonyl (C=O) groups excluding carboxylic acids is 1. The molecule has 0 aliphatic carbocycles. The lowest BCUT2D eigenvalue weighted by molar-refractivity contribution is -0.00545. The monoisotopic (exact) mass is 406 g/mol. The minimum Gasteiger partial charge on any atom is -0.372 e. The molecule has 8 heteroatoms. The molecule has 3 rings (SSSR count). The van der Waals surface area contributed by atoms with Crippen molar-refractivity contribution in [1.82, 2.24) is 9.88 Å². The summed E-state index contributed by atoms with van der Waals surface area (Å²) in [4.78, 5) is 20.5. The summed E-state index contributed by atoms with van der Waals surface area (Å²) in [5, 5.41) is 2.86. The molecule has 2 amide bonds. The summed E-state index contributed by atoms with van der Waals surface area (Å²) < 4.78 is 19.3. The number of aromatic nitrogens is 1. The van der Waals surface area contributed by atoms with E-state index < -0.39 is 5.82 Å². The van der Waals surface area contributed by atoms with Crippen LogP contribution >= 0.6 is 11.6 Å². The Morgan fingerprint density at radius 1 is 1.32 bits per heavy atom. The Morgan fingerprint density at radius 3 is 2.64 bits per heavy atom. The highest BCUT2D eigenvalue weighted by molar-refractivity contribution is 6.30. The Bertz CT molecular complexity index is 823. The fraction of sp³-hybridized carbons (Fsp3) is 0.400. The Hall–Kier alpha value is -2.38. The van der Waals surface area contributed by atoms with Gasteiger partial charge in [-0.05, 0) is 43.7 Å². The van der Waals surface area contributed by atoms with Gasteiger partial charge in [-0.1, -0.05) is 17.7 Å². The number of pyridine rings is 1. The van der Waals surface area contributed by atoms with Gasteiger partial charge in [-0.25, -0.2) is 14.2 Å². The standard InChI is InChI=1S/C20H24ClFN4O2/c1-13-10-26(11-14(2)28-13)19-7-5-16(9-23-19)24-20(27)25(3)12-15-4-6-17(21)18(22)8-15/h4-9,13-14H,10-12H2,1-3H3,(H,24,27). The van der Waals surface area contributed by atoms with E-state index in [4.69, 9.17) is 16.3 Å². The van der Waals surface area contributed by atoms with Gasteiger partial charge in [-0.3, -0.25) is 0 Å². The van der Waals surface area contributed by atoms with E-state index in [0.29, 0.717) is 11.3 Å². The van der Waals surface area contributed by atoms with Gasteiger partial charge in [0.1, 0.15) is 11.6 Å². The van der Waals surface area contributed by atoms with E-state index in [1.54, 1.807) is 19.3 Å². The average molecular weight is 407 g/mol. The number of halogens is 2. The number of rotatable bonds is 4. The highest BCUT2D eigenvalue weighted by Gasteiger charge is 2.23. The molecule has 1 aromatic heterocycles. The number of amides is 2. The second kappa shape index (κ2) is 8.75. The van der Waals surface area contributed by atoms with Gasteiger partial charge >= 0.3 is 6.03 Å². The van der Waals surface area contributed by atoms with Gasteiger partial charge in [0.25, 0.3) is 0 Å². The van der Waals surface area contributed by atoms with E-state index in [1.807, 2.05) is 26.0 Å². The highest BCUT2D eigenvalue weighted by Crippen LogP contribution is 2.20. The van der Waals surface area contributed by atoms with Gasteiger partial charge < -0.3 is 19.9 Å². The van der Waals surface area contributed by atoms with E-state index >= 15 is 0 Å². The number of benzene rings is 1. The number of morpholine rings is 1. The summed E-state index contributed by atoms with van der Waals surface area (Å²) in [6.07, 6.45) is 1.93. The maximum Gasteiger partial charge on any atom is 0.321 e.